The van der Waals surface area contributed by atoms with Crippen molar-refractivity contribution in [1.82, 2.24) is 0 Å². The molecule has 1 amide bonds. The van der Waals surface area contributed by atoms with Crippen LogP contribution < -0.4 is 22.9 Å². The van der Waals surface area contributed by atoms with E-state index >= 15 is 0 Å². The molecule has 12 heavy (non-hydrogen) atoms. The highest BCUT2D eigenvalue weighted by Crippen LogP contribution is 1.94. The van der Waals surface area contributed by atoms with E-state index in [1.807, 2.05) is 0 Å². The Bertz CT molecular complexity index is 175. The minimum atomic E-state index is -0.643. The lowest BCUT2D eigenvalue weighted by Crippen LogP contribution is -2.33. The molecule has 0 aromatic heterocycles. The van der Waals surface area contributed by atoms with Gasteiger partial charge < -0.3 is 22.9 Å². The largest absolute Gasteiger partial charge is 0.370 e. The standard InChI is InChI=1S/C6H15N5O/c7-3-1-2-4(8)5(12)11-6(9)10/h4H,1-3,7-8H2,(H4,9,10,11,12). The fourth-order valence-electron chi connectivity index (χ4n) is 0.671. The highest BCUT2D eigenvalue weighted by Gasteiger charge is 2.11. The summed E-state index contributed by atoms with van der Waals surface area (Å²) < 4.78 is 0. The third kappa shape index (κ3) is 4.64. The predicted octanol–water partition coefficient (Wildman–Crippen LogP) is -2.15. The molecule has 6 nitrogen and oxygen atoms in total. The number of hydrogen-bond acceptors (Lipinski definition) is 3. The number of amides is 1. The van der Waals surface area contributed by atoms with Crippen molar-refractivity contribution >= 4 is 11.9 Å². The van der Waals surface area contributed by atoms with Gasteiger partial charge in [0.1, 0.15) is 0 Å². The normalized spacial score (nSPS) is 12.2. The van der Waals surface area contributed by atoms with Crippen LogP contribution in [0.25, 0.3) is 0 Å². The lowest BCUT2D eigenvalue weighted by molar-refractivity contribution is -0.119. The summed E-state index contributed by atoms with van der Waals surface area (Å²) in [7, 11) is 0. The van der Waals surface area contributed by atoms with Crippen LogP contribution in [-0.2, 0) is 4.79 Å². The van der Waals surface area contributed by atoms with Crippen LogP contribution in [0.4, 0.5) is 0 Å². The van der Waals surface area contributed by atoms with Crippen molar-refractivity contribution in [2.24, 2.45) is 27.9 Å². The van der Waals surface area contributed by atoms with Gasteiger partial charge >= 0.3 is 0 Å². The maximum absolute atomic E-state index is 10.9. The molecule has 0 bridgehead atoms. The smallest absolute Gasteiger partial charge is 0.265 e. The molecule has 0 saturated heterocycles. The van der Waals surface area contributed by atoms with Crippen LogP contribution in [0.5, 0.6) is 0 Å². The zero-order chi connectivity index (χ0) is 9.56. The Morgan fingerprint density at radius 3 is 2.42 bits per heavy atom. The summed E-state index contributed by atoms with van der Waals surface area (Å²) in [4.78, 5) is 14.2. The van der Waals surface area contributed by atoms with Crippen molar-refractivity contribution in [3.8, 4) is 0 Å². The minimum absolute atomic E-state index is 0.261. The fourth-order valence-corrected chi connectivity index (χ4v) is 0.671. The van der Waals surface area contributed by atoms with E-state index in [0.29, 0.717) is 19.4 Å². The number of aliphatic imine (C=N–C) groups is 1. The molecule has 1 unspecified atom stereocenters. The Labute approximate surface area is 71.0 Å². The minimum Gasteiger partial charge on any atom is -0.370 e. The van der Waals surface area contributed by atoms with Crippen molar-refractivity contribution in [3.05, 3.63) is 0 Å². The molecule has 0 aliphatic carbocycles. The van der Waals surface area contributed by atoms with Gasteiger partial charge in [-0.15, -0.1) is 0 Å². The lowest BCUT2D eigenvalue weighted by Gasteiger charge is -2.05. The van der Waals surface area contributed by atoms with E-state index in [1.165, 1.54) is 0 Å². The first-order chi connectivity index (χ1) is 5.57. The molecule has 0 fully saturated rings. The number of rotatable bonds is 4. The van der Waals surface area contributed by atoms with Gasteiger partial charge in [-0.3, -0.25) is 4.79 Å². The maximum atomic E-state index is 10.9. The molecule has 70 valence electrons. The van der Waals surface area contributed by atoms with Crippen LogP contribution in [0.15, 0.2) is 4.99 Å². The van der Waals surface area contributed by atoms with Crippen molar-refractivity contribution in [2.45, 2.75) is 18.9 Å². The van der Waals surface area contributed by atoms with Crippen molar-refractivity contribution in [1.29, 1.82) is 0 Å². The Morgan fingerprint density at radius 2 is 2.00 bits per heavy atom. The number of carbonyl (C=O) groups excluding carboxylic acids is 1. The molecule has 0 spiro atoms. The molecule has 1 atom stereocenters. The summed E-state index contributed by atoms with van der Waals surface area (Å²) in [6, 6.07) is -0.643. The quantitative estimate of drug-likeness (QED) is 0.284. The van der Waals surface area contributed by atoms with E-state index in [2.05, 4.69) is 4.99 Å². The van der Waals surface area contributed by atoms with Gasteiger partial charge in [-0.2, -0.15) is 4.99 Å². The Kier molecular flexibility index (Phi) is 4.98. The van der Waals surface area contributed by atoms with Gasteiger partial charge in [0.15, 0.2) is 5.96 Å². The molecular weight excluding hydrogens is 158 g/mol. The van der Waals surface area contributed by atoms with Crippen LogP contribution in [0, 0.1) is 0 Å². The van der Waals surface area contributed by atoms with Gasteiger partial charge in [-0.25, -0.2) is 0 Å². The third-order valence-corrected chi connectivity index (χ3v) is 1.28. The summed E-state index contributed by atoms with van der Waals surface area (Å²) in [6.07, 6.45) is 1.19. The molecule has 0 saturated carbocycles. The maximum Gasteiger partial charge on any atom is 0.265 e. The van der Waals surface area contributed by atoms with Gasteiger partial charge in [-0.05, 0) is 19.4 Å². The third-order valence-electron chi connectivity index (χ3n) is 1.28. The Balaban J connectivity index is 3.85. The van der Waals surface area contributed by atoms with Crippen LogP contribution in [-0.4, -0.2) is 24.5 Å². The molecule has 0 rings (SSSR count). The van der Waals surface area contributed by atoms with E-state index in [-0.39, 0.29) is 5.96 Å². The monoisotopic (exact) mass is 173 g/mol. The fraction of sp³-hybridized carbons (Fsp3) is 0.667. The Hall–Kier alpha value is -1.14. The molecule has 0 radical (unpaired) electrons. The molecule has 0 aromatic rings. The highest BCUT2D eigenvalue weighted by atomic mass is 16.1. The van der Waals surface area contributed by atoms with E-state index in [1.54, 1.807) is 0 Å². The predicted molar refractivity (Wildman–Crippen MR) is 47.1 cm³/mol. The van der Waals surface area contributed by atoms with Crippen molar-refractivity contribution in [2.75, 3.05) is 6.54 Å². The highest BCUT2D eigenvalue weighted by molar-refractivity contribution is 5.94. The van der Waals surface area contributed by atoms with Crippen molar-refractivity contribution in [3.63, 3.8) is 0 Å². The Morgan fingerprint density at radius 1 is 1.42 bits per heavy atom. The number of hydrogen-bond donors (Lipinski definition) is 4. The number of carbonyl (C=O) groups is 1. The molecule has 0 heterocycles. The van der Waals surface area contributed by atoms with Crippen LogP contribution in [0.1, 0.15) is 12.8 Å². The summed E-state index contributed by atoms with van der Waals surface area (Å²) in [6.45, 7) is 0.503. The second-order valence-corrected chi connectivity index (χ2v) is 2.41. The molecule has 6 heteroatoms. The number of nitrogens with two attached hydrogens (primary N) is 4. The first kappa shape index (κ1) is 10.9. The zero-order valence-electron chi connectivity index (χ0n) is 6.86. The lowest BCUT2D eigenvalue weighted by atomic mass is 10.1. The van der Waals surface area contributed by atoms with Crippen LogP contribution in [0.3, 0.4) is 0 Å². The van der Waals surface area contributed by atoms with E-state index in [9.17, 15) is 4.79 Å². The van der Waals surface area contributed by atoms with Crippen LogP contribution >= 0.6 is 0 Å². The SMILES string of the molecule is NCCCC(N)C(=O)N=C(N)N. The van der Waals surface area contributed by atoms with E-state index < -0.39 is 11.9 Å². The summed E-state index contributed by atoms with van der Waals surface area (Å²) in [5.74, 6) is -0.758. The second kappa shape index (κ2) is 5.50. The van der Waals surface area contributed by atoms with Gasteiger partial charge in [0.25, 0.3) is 5.91 Å². The van der Waals surface area contributed by atoms with Gasteiger partial charge in [0, 0.05) is 0 Å². The van der Waals surface area contributed by atoms with Crippen molar-refractivity contribution < 1.29 is 4.79 Å². The first-order valence-electron chi connectivity index (χ1n) is 3.67. The van der Waals surface area contributed by atoms with Gasteiger partial charge in [0.05, 0.1) is 6.04 Å². The van der Waals surface area contributed by atoms with E-state index in [4.69, 9.17) is 22.9 Å². The number of guanidine groups is 1. The molecule has 0 aliphatic rings. The molecule has 0 aliphatic heterocycles. The average Bonchev–Trinajstić information content (AvgIpc) is 1.98. The van der Waals surface area contributed by atoms with Gasteiger partial charge in [0.2, 0.25) is 0 Å². The second-order valence-electron chi connectivity index (χ2n) is 2.41. The number of nitrogens with zero attached hydrogens (tertiary/aromatic N) is 1. The summed E-state index contributed by atoms with van der Waals surface area (Å²) in [5.41, 5.74) is 20.6. The molecule has 0 aromatic carbocycles. The van der Waals surface area contributed by atoms with E-state index in [0.717, 1.165) is 0 Å². The van der Waals surface area contributed by atoms with Gasteiger partial charge in [-0.1, -0.05) is 0 Å². The molecule has 8 N–H and O–H groups in total. The molecular formula is C6H15N5O. The van der Waals surface area contributed by atoms with Crippen LogP contribution in [0.2, 0.25) is 0 Å². The first-order valence-corrected chi connectivity index (χ1v) is 3.67. The average molecular weight is 173 g/mol. The summed E-state index contributed by atoms with van der Waals surface area (Å²) in [5, 5.41) is 0. The summed E-state index contributed by atoms with van der Waals surface area (Å²) >= 11 is 0. The topological polar surface area (TPSA) is 134 Å². The zero-order valence-corrected chi connectivity index (χ0v) is 6.86.